The number of halogens is 2. The number of furan rings is 1. The van der Waals surface area contributed by atoms with Crippen LogP contribution in [0.2, 0.25) is 0 Å². The molecule has 0 fully saturated rings. The quantitative estimate of drug-likeness (QED) is 0.650. The summed E-state index contributed by atoms with van der Waals surface area (Å²) in [5.74, 6) is 5.56. The van der Waals surface area contributed by atoms with E-state index in [1.165, 1.54) is 0 Å². The highest BCUT2D eigenvalue weighted by atomic mass is 79.9. The van der Waals surface area contributed by atoms with E-state index in [2.05, 4.69) is 42.3 Å². The van der Waals surface area contributed by atoms with E-state index in [1.807, 2.05) is 18.2 Å². The van der Waals surface area contributed by atoms with Crippen molar-refractivity contribution >= 4 is 31.9 Å². The highest BCUT2D eigenvalue weighted by molar-refractivity contribution is 9.10. The van der Waals surface area contributed by atoms with Crippen LogP contribution in [-0.4, -0.2) is 4.98 Å². The second kappa shape index (κ2) is 5.77. The highest BCUT2D eigenvalue weighted by Gasteiger charge is 2.16. The monoisotopic (exact) mass is 359 g/mol. The van der Waals surface area contributed by atoms with Crippen molar-refractivity contribution in [1.82, 2.24) is 10.4 Å². The third-order valence-electron chi connectivity index (χ3n) is 2.42. The molecule has 17 heavy (non-hydrogen) atoms. The minimum absolute atomic E-state index is 0.0307. The molecule has 0 aliphatic rings. The van der Waals surface area contributed by atoms with Crippen molar-refractivity contribution in [2.24, 2.45) is 5.84 Å². The van der Waals surface area contributed by atoms with Gasteiger partial charge in [-0.25, -0.2) is 0 Å². The molecular formula is C11H11Br2N3O. The first-order chi connectivity index (χ1) is 8.20. The lowest BCUT2D eigenvalue weighted by atomic mass is 10.1. The van der Waals surface area contributed by atoms with E-state index >= 15 is 0 Å². The van der Waals surface area contributed by atoms with Crippen LogP contribution in [0.15, 0.2) is 44.2 Å². The van der Waals surface area contributed by atoms with Crippen molar-refractivity contribution in [2.45, 2.75) is 12.5 Å². The lowest BCUT2D eigenvalue weighted by Gasteiger charge is -2.14. The Kier molecular flexibility index (Phi) is 4.33. The SMILES string of the molecule is NNC(Cc1ccc(Br)cn1)c1ccoc1Br. The van der Waals surface area contributed by atoms with Gasteiger partial charge < -0.3 is 4.42 Å². The zero-order valence-electron chi connectivity index (χ0n) is 8.86. The largest absolute Gasteiger partial charge is 0.457 e. The van der Waals surface area contributed by atoms with Gasteiger partial charge in [0.15, 0.2) is 4.67 Å². The molecule has 2 heterocycles. The molecule has 0 spiro atoms. The molecule has 2 aromatic rings. The van der Waals surface area contributed by atoms with Crippen LogP contribution >= 0.6 is 31.9 Å². The molecule has 0 aliphatic carbocycles. The van der Waals surface area contributed by atoms with Crippen molar-refractivity contribution in [2.75, 3.05) is 0 Å². The summed E-state index contributed by atoms with van der Waals surface area (Å²) < 4.78 is 6.85. The van der Waals surface area contributed by atoms with Gasteiger partial charge in [0.05, 0.1) is 12.3 Å². The summed E-state index contributed by atoms with van der Waals surface area (Å²) in [6, 6.07) is 5.77. The van der Waals surface area contributed by atoms with Crippen LogP contribution in [-0.2, 0) is 6.42 Å². The number of hydrogen-bond acceptors (Lipinski definition) is 4. The van der Waals surface area contributed by atoms with E-state index in [0.29, 0.717) is 11.1 Å². The summed E-state index contributed by atoms with van der Waals surface area (Å²) >= 11 is 6.70. The van der Waals surface area contributed by atoms with Gasteiger partial charge in [-0.05, 0) is 50.1 Å². The Morgan fingerprint density at radius 3 is 2.71 bits per heavy atom. The Balaban J connectivity index is 2.16. The molecule has 1 atom stereocenters. The zero-order valence-corrected chi connectivity index (χ0v) is 12.0. The standard InChI is InChI=1S/C11H11Br2N3O/c12-7-1-2-8(15-6-7)5-10(16-14)9-3-4-17-11(9)13/h1-4,6,10,16H,5,14H2. The third-order valence-corrected chi connectivity index (χ3v) is 3.54. The minimum atomic E-state index is -0.0307. The second-order valence-corrected chi connectivity index (χ2v) is 5.18. The van der Waals surface area contributed by atoms with Crippen LogP contribution < -0.4 is 11.3 Å². The van der Waals surface area contributed by atoms with E-state index in [-0.39, 0.29) is 6.04 Å². The first-order valence-electron chi connectivity index (χ1n) is 5.00. The van der Waals surface area contributed by atoms with E-state index in [9.17, 15) is 0 Å². The second-order valence-electron chi connectivity index (χ2n) is 3.54. The van der Waals surface area contributed by atoms with Crippen molar-refractivity contribution < 1.29 is 4.42 Å². The molecule has 90 valence electrons. The van der Waals surface area contributed by atoms with Gasteiger partial charge in [0.25, 0.3) is 0 Å². The molecule has 4 nitrogen and oxygen atoms in total. The van der Waals surface area contributed by atoms with Gasteiger partial charge in [0, 0.05) is 28.3 Å². The van der Waals surface area contributed by atoms with Gasteiger partial charge in [-0.1, -0.05) is 0 Å². The van der Waals surface area contributed by atoms with Crippen LogP contribution in [0.5, 0.6) is 0 Å². The van der Waals surface area contributed by atoms with Gasteiger partial charge >= 0.3 is 0 Å². The fourth-order valence-corrected chi connectivity index (χ4v) is 2.30. The number of nitrogens with one attached hydrogen (secondary N) is 1. The lowest BCUT2D eigenvalue weighted by molar-refractivity contribution is 0.504. The number of rotatable bonds is 4. The molecule has 1 unspecified atom stereocenters. The summed E-state index contributed by atoms with van der Waals surface area (Å²) in [5.41, 5.74) is 4.71. The highest BCUT2D eigenvalue weighted by Crippen LogP contribution is 2.26. The zero-order chi connectivity index (χ0) is 12.3. The molecular weight excluding hydrogens is 350 g/mol. The van der Waals surface area contributed by atoms with Crippen LogP contribution in [0, 0.1) is 0 Å². The van der Waals surface area contributed by atoms with Gasteiger partial charge in [-0.2, -0.15) is 0 Å². The van der Waals surface area contributed by atoms with Crippen molar-refractivity contribution in [3.63, 3.8) is 0 Å². The van der Waals surface area contributed by atoms with Crippen LogP contribution in [0.3, 0.4) is 0 Å². The summed E-state index contributed by atoms with van der Waals surface area (Å²) in [7, 11) is 0. The van der Waals surface area contributed by atoms with Gasteiger partial charge in [0.1, 0.15) is 0 Å². The Labute approximate surface area is 116 Å². The fraction of sp³-hybridized carbons (Fsp3) is 0.182. The Bertz CT molecular complexity index is 484. The molecule has 0 aliphatic heterocycles. The molecule has 0 radical (unpaired) electrons. The molecule has 0 aromatic carbocycles. The minimum Gasteiger partial charge on any atom is -0.457 e. The third kappa shape index (κ3) is 3.16. The Morgan fingerprint density at radius 2 is 2.18 bits per heavy atom. The number of nitrogens with two attached hydrogens (primary N) is 1. The maximum absolute atomic E-state index is 5.56. The lowest BCUT2D eigenvalue weighted by Crippen LogP contribution is -2.29. The van der Waals surface area contributed by atoms with Crippen molar-refractivity contribution in [3.05, 3.63) is 51.1 Å². The normalized spacial score (nSPS) is 12.6. The predicted molar refractivity (Wildman–Crippen MR) is 72.1 cm³/mol. The maximum Gasteiger partial charge on any atom is 0.173 e. The molecule has 2 aromatic heterocycles. The summed E-state index contributed by atoms with van der Waals surface area (Å²) in [6.45, 7) is 0. The van der Waals surface area contributed by atoms with Gasteiger partial charge in [-0.3, -0.25) is 16.3 Å². The maximum atomic E-state index is 5.56. The van der Waals surface area contributed by atoms with Crippen LogP contribution in [0.4, 0.5) is 0 Å². The molecule has 3 N–H and O–H groups in total. The number of hydrazine groups is 1. The smallest absolute Gasteiger partial charge is 0.173 e. The van der Waals surface area contributed by atoms with Gasteiger partial charge in [-0.15, -0.1) is 0 Å². The summed E-state index contributed by atoms with van der Waals surface area (Å²) in [6.07, 6.45) is 4.09. The summed E-state index contributed by atoms with van der Waals surface area (Å²) in [5, 5.41) is 0. The van der Waals surface area contributed by atoms with Crippen LogP contribution in [0.1, 0.15) is 17.3 Å². The molecule has 6 heteroatoms. The van der Waals surface area contributed by atoms with Crippen LogP contribution in [0.25, 0.3) is 0 Å². The average Bonchev–Trinajstić information content (AvgIpc) is 2.75. The molecule has 0 bridgehead atoms. The first kappa shape index (κ1) is 12.8. The van der Waals surface area contributed by atoms with Gasteiger partial charge in [0.2, 0.25) is 0 Å². The number of nitrogens with zero attached hydrogens (tertiary/aromatic N) is 1. The first-order valence-corrected chi connectivity index (χ1v) is 6.58. The molecule has 2 rings (SSSR count). The van der Waals surface area contributed by atoms with E-state index in [0.717, 1.165) is 15.7 Å². The summed E-state index contributed by atoms with van der Waals surface area (Å²) in [4.78, 5) is 4.32. The van der Waals surface area contributed by atoms with E-state index in [1.54, 1.807) is 12.5 Å². The van der Waals surface area contributed by atoms with Crippen molar-refractivity contribution in [1.29, 1.82) is 0 Å². The molecule has 0 saturated heterocycles. The fourth-order valence-electron chi connectivity index (χ4n) is 1.55. The topological polar surface area (TPSA) is 64.1 Å². The molecule has 0 amide bonds. The number of aromatic nitrogens is 1. The predicted octanol–water partition coefficient (Wildman–Crippen LogP) is 2.95. The van der Waals surface area contributed by atoms with E-state index < -0.39 is 0 Å². The Hall–Kier alpha value is -0.690. The number of pyridine rings is 1. The van der Waals surface area contributed by atoms with Crippen molar-refractivity contribution in [3.8, 4) is 0 Å². The Morgan fingerprint density at radius 1 is 1.35 bits per heavy atom. The number of hydrogen-bond donors (Lipinski definition) is 2. The van der Waals surface area contributed by atoms with E-state index in [4.69, 9.17) is 10.3 Å². The molecule has 0 saturated carbocycles. The average molecular weight is 361 g/mol.